The molecule has 3 aromatic rings. The lowest BCUT2D eigenvalue weighted by Crippen LogP contribution is -2.06. The average Bonchev–Trinajstić information content (AvgIpc) is 2.84. The predicted octanol–water partition coefficient (Wildman–Crippen LogP) is 8.82. The summed E-state index contributed by atoms with van der Waals surface area (Å²) in [7, 11) is 0. The van der Waals surface area contributed by atoms with Crippen molar-refractivity contribution in [2.24, 2.45) is 5.92 Å². The molecule has 0 saturated carbocycles. The Hall–Kier alpha value is -2.95. The van der Waals surface area contributed by atoms with E-state index in [1.54, 1.807) is 36.4 Å². The van der Waals surface area contributed by atoms with Gasteiger partial charge < -0.3 is 0 Å². The Labute approximate surface area is 197 Å². The minimum Gasteiger partial charge on any atom is -0.204 e. The Bertz CT molecular complexity index is 1170. The molecule has 0 saturated heterocycles. The number of rotatable bonds is 7. The van der Waals surface area contributed by atoms with Gasteiger partial charge in [-0.2, -0.15) is 0 Å². The molecule has 3 aromatic carbocycles. The van der Waals surface area contributed by atoms with Gasteiger partial charge in [0.15, 0.2) is 29.1 Å². The minimum atomic E-state index is -1.48. The molecule has 0 spiro atoms. The van der Waals surface area contributed by atoms with Crippen molar-refractivity contribution in [3.63, 3.8) is 0 Å². The highest BCUT2D eigenvalue weighted by molar-refractivity contribution is 5.72. The molecule has 0 bridgehead atoms. The topological polar surface area (TPSA) is 0 Å². The molecule has 0 heterocycles. The molecule has 0 nitrogen and oxygen atoms in total. The van der Waals surface area contributed by atoms with Crippen molar-refractivity contribution in [2.75, 3.05) is 0 Å². The van der Waals surface area contributed by atoms with Crippen LogP contribution in [0, 0.1) is 35.0 Å². The smallest absolute Gasteiger partial charge is 0.194 e. The Kier molecular flexibility index (Phi) is 7.50. The minimum absolute atomic E-state index is 0.191. The molecule has 0 radical (unpaired) electrons. The monoisotopic (exact) mass is 470 g/mol. The van der Waals surface area contributed by atoms with E-state index >= 15 is 0 Å². The molecular weight excluding hydrogens is 443 g/mol. The normalized spacial score (nSPS) is 15.9. The summed E-state index contributed by atoms with van der Waals surface area (Å²) in [5, 5.41) is 0. The van der Waals surface area contributed by atoms with Crippen LogP contribution in [0.1, 0.15) is 55.7 Å². The summed E-state index contributed by atoms with van der Waals surface area (Å²) in [6, 6.07) is 12.2. The summed E-state index contributed by atoms with van der Waals surface area (Å²) in [6.45, 7) is 2.16. The Morgan fingerprint density at radius 2 is 1.35 bits per heavy atom. The van der Waals surface area contributed by atoms with Gasteiger partial charge in [-0.15, -0.1) is 0 Å². The van der Waals surface area contributed by atoms with Gasteiger partial charge in [0.2, 0.25) is 0 Å². The molecule has 0 aliphatic heterocycles. The van der Waals surface area contributed by atoms with Crippen molar-refractivity contribution in [3.05, 3.63) is 100 Å². The van der Waals surface area contributed by atoms with Crippen LogP contribution in [0.15, 0.2) is 54.6 Å². The molecule has 5 heteroatoms. The van der Waals surface area contributed by atoms with Crippen LogP contribution >= 0.6 is 0 Å². The Balaban J connectivity index is 1.47. The van der Waals surface area contributed by atoms with Crippen molar-refractivity contribution in [1.29, 1.82) is 0 Å². The molecule has 1 aliphatic rings. The molecule has 0 aromatic heterocycles. The summed E-state index contributed by atoms with van der Waals surface area (Å²) >= 11 is 0. The molecule has 0 amide bonds. The van der Waals surface area contributed by atoms with Gasteiger partial charge in [0, 0.05) is 11.1 Å². The van der Waals surface area contributed by atoms with Gasteiger partial charge >= 0.3 is 0 Å². The second kappa shape index (κ2) is 10.5. The van der Waals surface area contributed by atoms with Crippen LogP contribution in [0.4, 0.5) is 22.0 Å². The third-order valence-corrected chi connectivity index (χ3v) is 6.66. The summed E-state index contributed by atoms with van der Waals surface area (Å²) in [4.78, 5) is 0. The zero-order valence-corrected chi connectivity index (χ0v) is 19.1. The van der Waals surface area contributed by atoms with E-state index in [0.717, 1.165) is 55.4 Å². The van der Waals surface area contributed by atoms with E-state index in [2.05, 4.69) is 13.0 Å². The van der Waals surface area contributed by atoms with Gasteiger partial charge in [-0.05, 0) is 72.4 Å². The second-order valence-corrected chi connectivity index (χ2v) is 9.02. The molecular formula is C29H27F5. The van der Waals surface area contributed by atoms with Gasteiger partial charge in [-0.25, -0.2) is 22.0 Å². The van der Waals surface area contributed by atoms with Gasteiger partial charge in [0.25, 0.3) is 0 Å². The van der Waals surface area contributed by atoms with E-state index in [4.69, 9.17) is 0 Å². The zero-order chi connectivity index (χ0) is 24.2. The predicted molar refractivity (Wildman–Crippen MR) is 126 cm³/mol. The molecule has 178 valence electrons. The quantitative estimate of drug-likeness (QED) is 0.239. The van der Waals surface area contributed by atoms with Crippen molar-refractivity contribution in [3.8, 4) is 11.1 Å². The van der Waals surface area contributed by atoms with Crippen LogP contribution in [-0.4, -0.2) is 0 Å². The first-order chi connectivity index (χ1) is 16.4. The summed E-state index contributed by atoms with van der Waals surface area (Å²) in [5.74, 6) is -4.96. The number of aryl methyl sites for hydroxylation is 2. The van der Waals surface area contributed by atoms with E-state index in [0.29, 0.717) is 35.4 Å². The molecule has 1 aliphatic carbocycles. The number of hydrogen-bond acceptors (Lipinski definition) is 0. The highest BCUT2D eigenvalue weighted by Gasteiger charge is 2.21. The van der Waals surface area contributed by atoms with Crippen molar-refractivity contribution in [1.82, 2.24) is 0 Å². The fourth-order valence-electron chi connectivity index (χ4n) is 4.72. The lowest BCUT2D eigenvalue weighted by Gasteiger charge is -2.22. The summed E-state index contributed by atoms with van der Waals surface area (Å²) < 4.78 is 69.8. The first-order valence-corrected chi connectivity index (χ1v) is 11.8. The van der Waals surface area contributed by atoms with E-state index in [1.165, 1.54) is 0 Å². The zero-order valence-electron chi connectivity index (χ0n) is 19.1. The standard InChI is InChI=1S/C29H27F5/c1-2-3-18-6-10-21(11-7-18)23-14-15-24(28(33)27(23)32)22-12-8-19(9-13-22)4-5-20-16-25(30)29(34)26(31)17-20/h8-10,12-18H,2-7,11H2,1H3. The molecule has 1 atom stereocenters. The highest BCUT2D eigenvalue weighted by atomic mass is 19.2. The molecule has 4 rings (SSSR count). The van der Waals surface area contributed by atoms with Crippen LogP contribution in [0.5, 0.6) is 0 Å². The Morgan fingerprint density at radius 3 is 1.97 bits per heavy atom. The maximum Gasteiger partial charge on any atom is 0.194 e. The van der Waals surface area contributed by atoms with Crippen LogP contribution in [-0.2, 0) is 12.8 Å². The largest absolute Gasteiger partial charge is 0.204 e. The molecule has 0 fully saturated rings. The van der Waals surface area contributed by atoms with Gasteiger partial charge in [0.05, 0.1) is 0 Å². The maximum absolute atomic E-state index is 15.0. The average molecular weight is 471 g/mol. The first-order valence-electron chi connectivity index (χ1n) is 11.8. The maximum atomic E-state index is 15.0. The third-order valence-electron chi connectivity index (χ3n) is 6.66. The first kappa shape index (κ1) is 24.2. The third kappa shape index (κ3) is 5.24. The van der Waals surface area contributed by atoms with E-state index in [1.807, 2.05) is 0 Å². The SMILES string of the molecule is CCCC1CC=C(c2ccc(-c3ccc(CCc4cc(F)c(F)c(F)c4)cc3)c(F)c2F)CC1. The molecule has 1 unspecified atom stereocenters. The van der Waals surface area contributed by atoms with Gasteiger partial charge in [-0.1, -0.05) is 62.2 Å². The van der Waals surface area contributed by atoms with E-state index < -0.39 is 29.1 Å². The summed E-state index contributed by atoms with van der Waals surface area (Å²) in [5.41, 5.74) is 3.16. The lowest BCUT2D eigenvalue weighted by molar-refractivity contribution is 0.443. The van der Waals surface area contributed by atoms with Crippen LogP contribution in [0.3, 0.4) is 0 Å². The summed E-state index contributed by atoms with van der Waals surface area (Å²) in [6.07, 6.45) is 7.80. The molecule has 34 heavy (non-hydrogen) atoms. The van der Waals surface area contributed by atoms with Gasteiger partial charge in [-0.3, -0.25) is 0 Å². The van der Waals surface area contributed by atoms with E-state index in [-0.39, 0.29) is 5.56 Å². The van der Waals surface area contributed by atoms with Crippen LogP contribution < -0.4 is 0 Å². The Morgan fingerprint density at radius 1 is 0.735 bits per heavy atom. The van der Waals surface area contributed by atoms with E-state index in [9.17, 15) is 22.0 Å². The van der Waals surface area contributed by atoms with Crippen molar-refractivity contribution < 1.29 is 22.0 Å². The lowest BCUT2D eigenvalue weighted by atomic mass is 9.84. The number of benzene rings is 3. The van der Waals surface area contributed by atoms with Crippen LogP contribution in [0.2, 0.25) is 0 Å². The number of halogens is 5. The second-order valence-electron chi connectivity index (χ2n) is 9.02. The van der Waals surface area contributed by atoms with Crippen molar-refractivity contribution in [2.45, 2.75) is 51.9 Å². The fraction of sp³-hybridized carbons (Fsp3) is 0.310. The highest BCUT2D eigenvalue weighted by Crippen LogP contribution is 2.36. The molecule has 0 N–H and O–H groups in total. The number of allylic oxidation sites excluding steroid dienone is 2. The number of hydrogen-bond donors (Lipinski definition) is 0. The van der Waals surface area contributed by atoms with Crippen LogP contribution in [0.25, 0.3) is 16.7 Å². The van der Waals surface area contributed by atoms with Gasteiger partial charge in [0.1, 0.15) is 0 Å². The fourth-order valence-corrected chi connectivity index (χ4v) is 4.72. The van der Waals surface area contributed by atoms with Crippen molar-refractivity contribution >= 4 is 5.57 Å².